The summed E-state index contributed by atoms with van der Waals surface area (Å²) in [6, 6.07) is 0.0928. The number of hydrogen-bond donors (Lipinski definition) is 1. The summed E-state index contributed by atoms with van der Waals surface area (Å²) in [4.78, 5) is 23.6. The fourth-order valence-corrected chi connectivity index (χ4v) is 3.40. The second kappa shape index (κ2) is 4.44. The van der Waals surface area contributed by atoms with Crippen LogP contribution in [0.3, 0.4) is 0 Å². The topological polar surface area (TPSA) is 46.2 Å². The number of rotatable bonds is 2. The molecule has 1 aliphatic heterocycles. The lowest BCUT2D eigenvalue weighted by atomic mass is 9.70. The van der Waals surface area contributed by atoms with Crippen LogP contribution < -0.4 is 5.32 Å². The summed E-state index contributed by atoms with van der Waals surface area (Å²) in [5.41, 5.74) is 0.254. The van der Waals surface area contributed by atoms with Gasteiger partial charge in [0.1, 0.15) is 5.78 Å². The summed E-state index contributed by atoms with van der Waals surface area (Å²) in [6.45, 7) is 4.03. The van der Waals surface area contributed by atoms with Crippen molar-refractivity contribution >= 4 is 20.9 Å². The highest BCUT2D eigenvalue weighted by molar-refractivity contribution is 7.17. The average molecular weight is 241 g/mol. The van der Waals surface area contributed by atoms with Gasteiger partial charge >= 0.3 is 0 Å². The number of hydrogen-bond acceptors (Lipinski definition) is 2. The van der Waals surface area contributed by atoms with Crippen molar-refractivity contribution in [3.63, 3.8) is 0 Å². The van der Waals surface area contributed by atoms with Gasteiger partial charge in [-0.1, -0.05) is 20.3 Å². The first kappa shape index (κ1) is 12.0. The van der Waals surface area contributed by atoms with Gasteiger partial charge in [0.25, 0.3) is 0 Å². The van der Waals surface area contributed by atoms with Crippen LogP contribution in [-0.4, -0.2) is 23.4 Å². The third-order valence-electron chi connectivity index (χ3n) is 4.00. The molecule has 1 aliphatic carbocycles. The standard InChI is InChI=1S/C12H20NO2P/c1-6-4-3-5-8(11(6)14)10-9(7(2)16)12(15)13-10/h6-10H,3-5,16H2,1-2H3,(H,13,15)/t6?,7-,8?,9-,10-/m1/s1. The Labute approximate surface area is 98.9 Å². The molecule has 1 saturated heterocycles. The van der Waals surface area contributed by atoms with E-state index in [-0.39, 0.29) is 35.4 Å². The van der Waals surface area contributed by atoms with Crippen molar-refractivity contribution in [1.82, 2.24) is 5.32 Å². The number of β-lactam (4-membered cyclic amide) rings is 1. The monoisotopic (exact) mass is 241 g/mol. The molecule has 0 aromatic carbocycles. The van der Waals surface area contributed by atoms with E-state index in [1.54, 1.807) is 0 Å². The zero-order valence-corrected chi connectivity index (χ0v) is 11.1. The molecule has 0 radical (unpaired) electrons. The van der Waals surface area contributed by atoms with Gasteiger partial charge in [-0.25, -0.2) is 0 Å². The Balaban J connectivity index is 2.07. The van der Waals surface area contributed by atoms with Gasteiger partial charge in [-0.2, -0.15) is 0 Å². The minimum atomic E-state index is 0.0178. The van der Waals surface area contributed by atoms with E-state index in [4.69, 9.17) is 0 Å². The largest absolute Gasteiger partial charge is 0.351 e. The van der Waals surface area contributed by atoms with E-state index < -0.39 is 0 Å². The van der Waals surface area contributed by atoms with Crippen LogP contribution in [0.15, 0.2) is 0 Å². The van der Waals surface area contributed by atoms with Crippen LogP contribution >= 0.6 is 9.24 Å². The molecule has 2 aliphatic rings. The van der Waals surface area contributed by atoms with E-state index in [0.717, 1.165) is 19.3 Å². The SMILES string of the molecule is CC1CCCC([C@H]2NC(=O)[C@@H]2[C@@H](C)P)C1=O. The van der Waals surface area contributed by atoms with Crippen molar-refractivity contribution in [2.45, 2.75) is 44.8 Å². The molecule has 1 amide bonds. The molecule has 0 spiro atoms. The van der Waals surface area contributed by atoms with Crippen LogP contribution in [0.2, 0.25) is 0 Å². The van der Waals surface area contributed by atoms with E-state index in [0.29, 0.717) is 5.78 Å². The molecule has 3 unspecified atom stereocenters. The first-order valence-electron chi connectivity index (χ1n) is 6.12. The molecular weight excluding hydrogens is 221 g/mol. The number of carbonyl (C=O) groups excluding carboxylic acids is 2. The van der Waals surface area contributed by atoms with Crippen LogP contribution in [0.25, 0.3) is 0 Å². The molecule has 6 atom stereocenters. The average Bonchev–Trinajstić information content (AvgIpc) is 2.18. The molecule has 2 rings (SSSR count). The number of amides is 1. The highest BCUT2D eigenvalue weighted by Crippen LogP contribution is 2.36. The summed E-state index contributed by atoms with van der Waals surface area (Å²) < 4.78 is 0. The lowest BCUT2D eigenvalue weighted by Crippen LogP contribution is -2.65. The molecule has 16 heavy (non-hydrogen) atoms. The number of Topliss-reactive ketones (excluding diaryl/α,β-unsaturated/α-hetero) is 1. The molecular formula is C12H20NO2P. The van der Waals surface area contributed by atoms with Crippen molar-refractivity contribution in [2.24, 2.45) is 17.8 Å². The fraction of sp³-hybridized carbons (Fsp3) is 0.833. The molecule has 1 N–H and O–H groups in total. The van der Waals surface area contributed by atoms with Crippen molar-refractivity contribution in [3.8, 4) is 0 Å². The van der Waals surface area contributed by atoms with Gasteiger partial charge in [-0.3, -0.25) is 9.59 Å². The summed E-state index contributed by atoms with van der Waals surface area (Å²) in [5, 5.41) is 2.92. The summed E-state index contributed by atoms with van der Waals surface area (Å²) in [5.74, 6) is 0.723. The minimum absolute atomic E-state index is 0.0178. The molecule has 1 saturated carbocycles. The highest BCUT2D eigenvalue weighted by Gasteiger charge is 2.48. The Morgan fingerprint density at radius 1 is 1.38 bits per heavy atom. The molecule has 2 fully saturated rings. The smallest absolute Gasteiger partial charge is 0.226 e. The predicted octanol–water partition coefficient (Wildman–Crippen LogP) is 1.37. The second-order valence-electron chi connectivity index (χ2n) is 5.26. The third-order valence-corrected chi connectivity index (χ3v) is 4.42. The maximum absolute atomic E-state index is 12.1. The van der Waals surface area contributed by atoms with Crippen LogP contribution in [0.5, 0.6) is 0 Å². The van der Waals surface area contributed by atoms with Crippen LogP contribution in [0, 0.1) is 17.8 Å². The lowest BCUT2D eigenvalue weighted by Gasteiger charge is -2.45. The number of nitrogens with one attached hydrogen (secondary N) is 1. The van der Waals surface area contributed by atoms with Gasteiger partial charge < -0.3 is 5.32 Å². The van der Waals surface area contributed by atoms with Gasteiger partial charge in [0.2, 0.25) is 5.91 Å². The molecule has 4 heteroatoms. The van der Waals surface area contributed by atoms with E-state index in [1.807, 2.05) is 13.8 Å². The zero-order chi connectivity index (χ0) is 11.9. The first-order valence-corrected chi connectivity index (χ1v) is 6.78. The van der Waals surface area contributed by atoms with Crippen molar-refractivity contribution in [1.29, 1.82) is 0 Å². The third kappa shape index (κ3) is 1.90. The fourth-order valence-electron chi connectivity index (χ4n) is 2.98. The maximum atomic E-state index is 12.1. The van der Waals surface area contributed by atoms with Gasteiger partial charge in [0.05, 0.1) is 12.0 Å². The second-order valence-corrected chi connectivity index (χ2v) is 6.31. The van der Waals surface area contributed by atoms with Crippen LogP contribution in [0.1, 0.15) is 33.1 Å². The molecule has 0 aromatic rings. The van der Waals surface area contributed by atoms with E-state index >= 15 is 0 Å². The maximum Gasteiger partial charge on any atom is 0.226 e. The number of carbonyl (C=O) groups is 2. The van der Waals surface area contributed by atoms with E-state index in [2.05, 4.69) is 14.6 Å². The van der Waals surface area contributed by atoms with Gasteiger partial charge in [-0.15, -0.1) is 9.24 Å². The Hall–Kier alpha value is -0.430. The van der Waals surface area contributed by atoms with Crippen molar-refractivity contribution in [3.05, 3.63) is 0 Å². The van der Waals surface area contributed by atoms with Crippen LogP contribution in [0.4, 0.5) is 0 Å². The lowest BCUT2D eigenvalue weighted by molar-refractivity contribution is -0.142. The summed E-state index contributed by atoms with van der Waals surface area (Å²) in [7, 11) is 2.68. The molecule has 1 heterocycles. The summed E-state index contributed by atoms with van der Waals surface area (Å²) in [6.07, 6.45) is 3.07. The Morgan fingerprint density at radius 3 is 2.62 bits per heavy atom. The number of ketones is 1. The Morgan fingerprint density at radius 2 is 2.06 bits per heavy atom. The predicted molar refractivity (Wildman–Crippen MR) is 66.1 cm³/mol. The Bertz CT molecular complexity index is 316. The molecule has 0 aromatic heterocycles. The zero-order valence-electron chi connectivity index (χ0n) is 9.90. The molecule has 3 nitrogen and oxygen atoms in total. The molecule has 90 valence electrons. The van der Waals surface area contributed by atoms with Gasteiger partial charge in [0, 0.05) is 11.8 Å². The van der Waals surface area contributed by atoms with Gasteiger partial charge in [-0.05, 0) is 18.5 Å². The summed E-state index contributed by atoms with van der Waals surface area (Å²) >= 11 is 0. The molecule has 0 bridgehead atoms. The highest BCUT2D eigenvalue weighted by atomic mass is 31.0. The van der Waals surface area contributed by atoms with E-state index in [9.17, 15) is 9.59 Å². The van der Waals surface area contributed by atoms with Crippen molar-refractivity contribution in [2.75, 3.05) is 0 Å². The van der Waals surface area contributed by atoms with Gasteiger partial charge in [0.15, 0.2) is 0 Å². The first-order chi connectivity index (χ1) is 7.52. The minimum Gasteiger partial charge on any atom is -0.351 e. The normalized spacial score (nSPS) is 41.2. The quantitative estimate of drug-likeness (QED) is 0.586. The Kier molecular flexibility index (Phi) is 3.34. The van der Waals surface area contributed by atoms with Crippen molar-refractivity contribution < 1.29 is 9.59 Å². The van der Waals surface area contributed by atoms with Crippen LogP contribution in [-0.2, 0) is 9.59 Å². The van der Waals surface area contributed by atoms with E-state index in [1.165, 1.54) is 0 Å².